The zero-order chi connectivity index (χ0) is 19.4. The summed E-state index contributed by atoms with van der Waals surface area (Å²) in [5.41, 5.74) is 0. The van der Waals surface area contributed by atoms with Gasteiger partial charge in [-0.05, 0) is 32.2 Å². The van der Waals surface area contributed by atoms with Gasteiger partial charge in [-0.25, -0.2) is 12.7 Å². The van der Waals surface area contributed by atoms with Crippen LogP contribution in [0, 0.1) is 0 Å². The summed E-state index contributed by atoms with van der Waals surface area (Å²) in [5, 5.41) is -1.37. The zero-order valence-corrected chi connectivity index (χ0v) is 16.5. The normalized spacial score (nSPS) is 27.3. The fourth-order valence-electron chi connectivity index (χ4n) is 4.04. The van der Waals surface area contributed by atoms with Crippen LogP contribution in [0.1, 0.15) is 51.9 Å². The number of unbranched alkanes of at least 4 members (excludes halogenated alkanes) is 1. The lowest BCUT2D eigenvalue weighted by Crippen LogP contribution is -2.63. The Morgan fingerprint density at radius 2 is 1.92 bits per heavy atom. The molecule has 2 saturated heterocycles. The van der Waals surface area contributed by atoms with Crippen molar-refractivity contribution in [2.45, 2.75) is 75.4 Å². The van der Waals surface area contributed by atoms with Gasteiger partial charge in [0.2, 0.25) is 10.0 Å². The van der Waals surface area contributed by atoms with Gasteiger partial charge in [0.1, 0.15) is 0 Å². The fourth-order valence-corrected chi connectivity index (χ4v) is 6.09. The second kappa shape index (κ2) is 9.21. The molecule has 0 aromatic heterocycles. The Labute approximate surface area is 154 Å². The molecule has 3 atom stereocenters. The highest BCUT2D eigenvalue weighted by Gasteiger charge is 2.45. The van der Waals surface area contributed by atoms with Crippen molar-refractivity contribution in [1.29, 1.82) is 0 Å². The van der Waals surface area contributed by atoms with Gasteiger partial charge in [0.15, 0.2) is 0 Å². The van der Waals surface area contributed by atoms with Crippen molar-refractivity contribution in [1.82, 2.24) is 9.21 Å². The number of methoxy groups -OCH3 is 1. The Morgan fingerprint density at radius 3 is 2.54 bits per heavy atom. The summed E-state index contributed by atoms with van der Waals surface area (Å²) < 4.78 is 71.4. The largest absolute Gasteiger partial charge is 0.390 e. The Hall–Kier alpha value is -0.380. The lowest BCUT2D eigenvalue weighted by atomic mass is 9.91. The molecule has 0 spiro atoms. The first-order chi connectivity index (χ1) is 12.2. The van der Waals surface area contributed by atoms with Crippen molar-refractivity contribution in [3.05, 3.63) is 0 Å². The molecule has 0 aliphatic carbocycles. The van der Waals surface area contributed by atoms with E-state index in [2.05, 4.69) is 4.90 Å². The lowest BCUT2D eigenvalue weighted by Gasteiger charge is -2.51. The molecular formula is C17H31F3N2O3S. The highest BCUT2D eigenvalue weighted by atomic mass is 32.2. The molecule has 2 rings (SSSR count). The van der Waals surface area contributed by atoms with Gasteiger partial charge in [0.05, 0.1) is 18.3 Å². The monoisotopic (exact) mass is 400 g/mol. The summed E-state index contributed by atoms with van der Waals surface area (Å²) in [7, 11) is -2.32. The third-order valence-electron chi connectivity index (χ3n) is 5.45. The molecule has 26 heavy (non-hydrogen) atoms. The van der Waals surface area contributed by atoms with Crippen LogP contribution < -0.4 is 0 Å². The van der Waals surface area contributed by atoms with Crippen LogP contribution in [0.15, 0.2) is 0 Å². The van der Waals surface area contributed by atoms with E-state index in [1.807, 2.05) is 6.92 Å². The van der Waals surface area contributed by atoms with Crippen molar-refractivity contribution >= 4 is 10.0 Å². The van der Waals surface area contributed by atoms with Gasteiger partial charge in [0.25, 0.3) is 0 Å². The van der Waals surface area contributed by atoms with E-state index < -0.39 is 27.9 Å². The smallest absolute Gasteiger partial charge is 0.383 e. The average Bonchev–Trinajstić information content (AvgIpc) is 2.52. The average molecular weight is 401 g/mol. The van der Waals surface area contributed by atoms with Gasteiger partial charge in [-0.2, -0.15) is 13.2 Å². The fraction of sp³-hybridized carbons (Fsp3) is 1.00. The number of sulfonamides is 1. The highest BCUT2D eigenvalue weighted by molar-refractivity contribution is 7.89. The summed E-state index contributed by atoms with van der Waals surface area (Å²) in [5.74, 6) is 0. The third-order valence-corrected chi connectivity index (χ3v) is 7.75. The van der Waals surface area contributed by atoms with E-state index in [1.54, 1.807) is 7.11 Å². The van der Waals surface area contributed by atoms with Crippen molar-refractivity contribution in [3.63, 3.8) is 0 Å². The number of nitrogens with zero attached hydrogens (tertiary/aromatic N) is 2. The summed E-state index contributed by atoms with van der Waals surface area (Å²) in [6.45, 7) is 3.98. The minimum absolute atomic E-state index is 0.0650. The number of ether oxygens (including phenoxy) is 1. The number of hydrogen-bond donors (Lipinski definition) is 0. The quantitative estimate of drug-likeness (QED) is 0.629. The molecule has 2 fully saturated rings. The summed E-state index contributed by atoms with van der Waals surface area (Å²) in [6.07, 6.45) is -2.14. The Balaban J connectivity index is 2.11. The first kappa shape index (κ1) is 21.9. The second-order valence-electron chi connectivity index (χ2n) is 7.43. The molecule has 5 nitrogen and oxygen atoms in total. The van der Waals surface area contributed by atoms with Crippen LogP contribution in [0.3, 0.4) is 0 Å². The van der Waals surface area contributed by atoms with Crippen LogP contribution in [0.4, 0.5) is 13.2 Å². The standard InChI is InChI=1S/C17H31F3N2O3S/c1-3-4-7-16(11-17(18,19)20)26(23,24)21-8-5-6-9-22-14(12-21)10-15(22)13-25-2/h14-16H,3-13H2,1-2H3/t14-,15+,16?/m1/s1. The van der Waals surface area contributed by atoms with E-state index in [1.165, 1.54) is 4.31 Å². The van der Waals surface area contributed by atoms with Crippen molar-refractivity contribution in [3.8, 4) is 0 Å². The van der Waals surface area contributed by atoms with Gasteiger partial charge >= 0.3 is 6.18 Å². The maximum absolute atomic E-state index is 13.0. The Morgan fingerprint density at radius 1 is 1.23 bits per heavy atom. The molecular weight excluding hydrogens is 369 g/mol. The molecule has 1 unspecified atom stereocenters. The number of fused-ring (bicyclic) bond motifs is 1. The zero-order valence-electron chi connectivity index (χ0n) is 15.7. The first-order valence-corrected chi connectivity index (χ1v) is 11.0. The molecule has 0 saturated carbocycles. The second-order valence-corrected chi connectivity index (χ2v) is 9.64. The van der Waals surface area contributed by atoms with Crippen molar-refractivity contribution in [2.24, 2.45) is 0 Å². The molecule has 9 heteroatoms. The van der Waals surface area contributed by atoms with E-state index in [-0.39, 0.29) is 12.5 Å². The molecule has 0 amide bonds. The van der Waals surface area contributed by atoms with E-state index in [0.717, 1.165) is 19.4 Å². The number of rotatable bonds is 8. The van der Waals surface area contributed by atoms with Gasteiger partial charge in [0, 0.05) is 32.3 Å². The van der Waals surface area contributed by atoms with Gasteiger partial charge < -0.3 is 4.74 Å². The van der Waals surface area contributed by atoms with Crippen LogP contribution in [0.25, 0.3) is 0 Å². The van der Waals surface area contributed by atoms with Crippen LogP contribution in [-0.2, 0) is 14.8 Å². The summed E-state index contributed by atoms with van der Waals surface area (Å²) >= 11 is 0. The predicted molar refractivity (Wildman–Crippen MR) is 94.5 cm³/mol. The molecule has 0 radical (unpaired) electrons. The molecule has 0 aromatic rings. The summed E-state index contributed by atoms with van der Waals surface area (Å²) in [4.78, 5) is 2.25. The highest BCUT2D eigenvalue weighted by Crippen LogP contribution is 2.33. The van der Waals surface area contributed by atoms with E-state index in [4.69, 9.17) is 4.74 Å². The van der Waals surface area contributed by atoms with E-state index >= 15 is 0 Å². The predicted octanol–water partition coefficient (Wildman–Crippen LogP) is 3.01. The lowest BCUT2D eigenvalue weighted by molar-refractivity contribution is -0.135. The van der Waals surface area contributed by atoms with E-state index in [9.17, 15) is 21.6 Å². The summed E-state index contributed by atoms with van der Waals surface area (Å²) in [6, 6.07) is 0.377. The minimum Gasteiger partial charge on any atom is -0.383 e. The van der Waals surface area contributed by atoms with Crippen LogP contribution in [0.2, 0.25) is 0 Å². The van der Waals surface area contributed by atoms with Crippen LogP contribution >= 0.6 is 0 Å². The maximum atomic E-state index is 13.0. The molecule has 0 bridgehead atoms. The van der Waals surface area contributed by atoms with Crippen molar-refractivity contribution in [2.75, 3.05) is 33.4 Å². The third kappa shape index (κ3) is 5.56. The minimum atomic E-state index is -4.47. The maximum Gasteiger partial charge on any atom is 0.390 e. The van der Waals surface area contributed by atoms with Gasteiger partial charge in [-0.15, -0.1) is 0 Å². The van der Waals surface area contributed by atoms with Crippen molar-refractivity contribution < 1.29 is 26.3 Å². The van der Waals surface area contributed by atoms with Crippen LogP contribution in [-0.4, -0.2) is 74.5 Å². The van der Waals surface area contributed by atoms with E-state index in [0.29, 0.717) is 45.0 Å². The number of halogens is 3. The molecule has 2 heterocycles. The Bertz CT molecular complexity index is 542. The number of alkyl halides is 3. The van der Waals surface area contributed by atoms with Crippen LogP contribution in [0.5, 0.6) is 0 Å². The molecule has 0 aromatic carbocycles. The Kier molecular flexibility index (Phi) is 7.76. The topological polar surface area (TPSA) is 49.9 Å². The molecule has 2 aliphatic heterocycles. The van der Waals surface area contributed by atoms with Gasteiger partial charge in [-0.3, -0.25) is 4.90 Å². The SMILES string of the molecule is CCCCC(CC(F)(F)F)S(=O)(=O)N1CCCCN2[C@H](COC)C[C@@H]2C1. The van der Waals surface area contributed by atoms with Gasteiger partial charge in [-0.1, -0.05) is 19.8 Å². The molecule has 154 valence electrons. The molecule has 2 aliphatic rings. The molecule has 0 N–H and O–H groups in total. The first-order valence-electron chi connectivity index (χ1n) is 9.49. The number of hydrogen-bond acceptors (Lipinski definition) is 4.